The van der Waals surface area contributed by atoms with Crippen LogP contribution in [0.25, 0.3) is 44.7 Å². The predicted octanol–water partition coefficient (Wildman–Crippen LogP) is 4.78. The minimum atomic E-state index is -0.309. The number of hydrogen-bond acceptors (Lipinski definition) is 6. The number of hydrogen-bond donors (Lipinski definition) is 2. The molecule has 0 aliphatic rings. The van der Waals surface area contributed by atoms with Crippen molar-refractivity contribution in [1.29, 1.82) is 0 Å². The summed E-state index contributed by atoms with van der Waals surface area (Å²) in [6.45, 7) is 10.2. The molecule has 4 aromatic heterocycles. The number of benzene rings is 1. The van der Waals surface area contributed by atoms with Crippen molar-refractivity contribution in [3.05, 3.63) is 60.3 Å². The highest BCUT2D eigenvalue weighted by atomic mass is 19.1. The molecule has 0 fully saturated rings. The highest BCUT2D eigenvalue weighted by molar-refractivity contribution is 5.93. The second-order valence-corrected chi connectivity index (χ2v) is 8.14. The fourth-order valence-electron chi connectivity index (χ4n) is 4.32. The van der Waals surface area contributed by atoms with Crippen LogP contribution in [0.4, 0.5) is 4.39 Å². The molecular weight excluding hydrogens is 431 g/mol. The van der Waals surface area contributed by atoms with Crippen molar-refractivity contribution in [1.82, 2.24) is 40.2 Å². The van der Waals surface area contributed by atoms with Gasteiger partial charge in [0, 0.05) is 55.9 Å². The quantitative estimate of drug-likeness (QED) is 0.325. The summed E-state index contributed by atoms with van der Waals surface area (Å²) in [5, 5.41) is 12.9. The Hall–Kier alpha value is -3.69. The van der Waals surface area contributed by atoms with Crippen LogP contribution in [0.5, 0.6) is 0 Å². The highest BCUT2D eigenvalue weighted by Crippen LogP contribution is 2.29. The van der Waals surface area contributed by atoms with E-state index in [-0.39, 0.29) is 5.82 Å². The predicted molar refractivity (Wildman–Crippen MR) is 131 cm³/mol. The molecule has 0 spiro atoms. The normalized spacial score (nSPS) is 11.9. The third-order valence-corrected chi connectivity index (χ3v) is 6.08. The van der Waals surface area contributed by atoms with Crippen LogP contribution in [-0.2, 0) is 6.54 Å². The molecule has 0 aliphatic carbocycles. The summed E-state index contributed by atoms with van der Waals surface area (Å²) in [7, 11) is 0. The molecule has 0 bridgehead atoms. The summed E-state index contributed by atoms with van der Waals surface area (Å²) in [5.41, 5.74) is 5.69. The third kappa shape index (κ3) is 4.15. The number of nitrogens with zero attached hydrogens (tertiary/aromatic N) is 6. The van der Waals surface area contributed by atoms with Crippen molar-refractivity contribution in [3.63, 3.8) is 0 Å². The zero-order valence-electron chi connectivity index (χ0n) is 19.5. The molecule has 8 nitrogen and oxygen atoms in total. The number of aromatic nitrogens is 6. The number of fused-ring (bicyclic) bond motifs is 2. The molecule has 174 valence electrons. The molecule has 0 amide bonds. The maximum Gasteiger partial charge on any atom is 0.181 e. The molecule has 0 unspecified atom stereocenters. The molecule has 5 rings (SSSR count). The van der Waals surface area contributed by atoms with Crippen LogP contribution in [-0.4, -0.2) is 59.8 Å². The average molecular weight is 459 g/mol. The van der Waals surface area contributed by atoms with E-state index in [9.17, 15) is 4.39 Å². The van der Waals surface area contributed by atoms with E-state index in [0.717, 1.165) is 48.3 Å². The fraction of sp³-hybridized carbons (Fsp3) is 0.280. The smallest absolute Gasteiger partial charge is 0.181 e. The van der Waals surface area contributed by atoms with Crippen molar-refractivity contribution in [2.24, 2.45) is 0 Å². The minimum Gasteiger partial charge on any atom is -0.337 e. The van der Waals surface area contributed by atoms with E-state index in [1.165, 1.54) is 12.1 Å². The number of halogens is 1. The first kappa shape index (κ1) is 22.1. The maximum absolute atomic E-state index is 13.6. The van der Waals surface area contributed by atoms with Crippen LogP contribution in [0, 0.1) is 5.82 Å². The van der Waals surface area contributed by atoms with Gasteiger partial charge in [-0.15, -0.1) is 0 Å². The van der Waals surface area contributed by atoms with Crippen molar-refractivity contribution in [3.8, 4) is 22.6 Å². The molecule has 0 saturated heterocycles. The second kappa shape index (κ2) is 9.28. The molecule has 4 heterocycles. The van der Waals surface area contributed by atoms with Crippen LogP contribution in [0.3, 0.4) is 0 Å². The Morgan fingerprint density at radius 2 is 1.71 bits per heavy atom. The van der Waals surface area contributed by atoms with E-state index in [2.05, 4.69) is 67.0 Å². The van der Waals surface area contributed by atoms with Crippen molar-refractivity contribution in [2.75, 3.05) is 19.6 Å². The number of rotatable bonds is 8. The van der Waals surface area contributed by atoms with Gasteiger partial charge in [-0.25, -0.2) is 24.4 Å². The topological polar surface area (TPSA) is 89.6 Å². The zero-order valence-corrected chi connectivity index (χ0v) is 19.5. The second-order valence-electron chi connectivity index (χ2n) is 8.14. The Morgan fingerprint density at radius 1 is 0.912 bits per heavy atom. The first-order valence-corrected chi connectivity index (χ1v) is 11.5. The largest absolute Gasteiger partial charge is 0.337 e. The van der Waals surface area contributed by atoms with Gasteiger partial charge >= 0.3 is 0 Å². The lowest BCUT2D eigenvalue weighted by molar-refractivity contribution is -0.0197. The number of imidazole rings is 1. The first-order valence-electron chi connectivity index (χ1n) is 11.5. The molecule has 0 aliphatic heterocycles. The summed E-state index contributed by atoms with van der Waals surface area (Å²) in [5.74, 6) is 0.280. The summed E-state index contributed by atoms with van der Waals surface area (Å²) in [6.07, 6.45) is 5.58. The lowest BCUT2D eigenvalue weighted by atomic mass is 10.1. The van der Waals surface area contributed by atoms with Crippen molar-refractivity contribution in [2.45, 2.75) is 27.3 Å². The Balaban J connectivity index is 1.49. The van der Waals surface area contributed by atoms with Gasteiger partial charge in [-0.2, -0.15) is 5.10 Å². The van der Waals surface area contributed by atoms with Crippen LogP contribution >= 0.6 is 0 Å². The van der Waals surface area contributed by atoms with Gasteiger partial charge in [0.05, 0.1) is 16.4 Å². The van der Waals surface area contributed by atoms with E-state index in [1.807, 2.05) is 24.7 Å². The summed E-state index contributed by atoms with van der Waals surface area (Å²) < 4.78 is 13.6. The first-order chi connectivity index (χ1) is 16.6. The molecule has 0 saturated carbocycles. The Kier molecular flexibility index (Phi) is 6.04. The Bertz CT molecular complexity index is 1440. The monoisotopic (exact) mass is 458 g/mol. The highest BCUT2D eigenvalue weighted by Gasteiger charge is 2.15. The van der Waals surface area contributed by atoms with Crippen LogP contribution in [0.15, 0.2) is 48.9 Å². The minimum absolute atomic E-state index is 0.309. The number of aromatic amines is 2. The van der Waals surface area contributed by atoms with Gasteiger partial charge < -0.3 is 4.98 Å². The van der Waals surface area contributed by atoms with Gasteiger partial charge in [-0.05, 0) is 35.9 Å². The standard InChI is InChI=1S/C25H27FN8/c1-4-33(5-2)34(6-3)15-16-9-17(13-27-12-16)18-10-20-23(31-32-24(20)28-14-18)25-29-21-8-7-19(26)11-22(21)30-25/h7-14H,4-6,15H2,1-3H3,(H,29,30)(H,28,31,32). The molecule has 0 radical (unpaired) electrons. The zero-order chi connectivity index (χ0) is 23.7. The van der Waals surface area contributed by atoms with Crippen LogP contribution in [0.1, 0.15) is 26.3 Å². The number of hydrazine groups is 1. The summed E-state index contributed by atoms with van der Waals surface area (Å²) in [6, 6.07) is 8.69. The Labute approximate surface area is 196 Å². The molecule has 5 aromatic rings. The molecule has 9 heteroatoms. The van der Waals surface area contributed by atoms with E-state index < -0.39 is 0 Å². The molecule has 2 N–H and O–H groups in total. The van der Waals surface area contributed by atoms with Gasteiger partial charge in [0.2, 0.25) is 0 Å². The van der Waals surface area contributed by atoms with Gasteiger partial charge in [0.1, 0.15) is 11.5 Å². The number of nitrogens with one attached hydrogen (secondary N) is 2. The lowest BCUT2D eigenvalue weighted by Crippen LogP contribution is -2.41. The Morgan fingerprint density at radius 3 is 2.50 bits per heavy atom. The molecular formula is C25H27FN8. The van der Waals surface area contributed by atoms with Gasteiger partial charge in [0.25, 0.3) is 0 Å². The average Bonchev–Trinajstić information content (AvgIpc) is 3.47. The van der Waals surface area contributed by atoms with Crippen LogP contribution in [0.2, 0.25) is 0 Å². The van der Waals surface area contributed by atoms with E-state index in [1.54, 1.807) is 6.07 Å². The summed E-state index contributed by atoms with van der Waals surface area (Å²) >= 11 is 0. The van der Waals surface area contributed by atoms with Crippen molar-refractivity contribution >= 4 is 22.1 Å². The van der Waals surface area contributed by atoms with Crippen LogP contribution < -0.4 is 0 Å². The molecule has 1 aromatic carbocycles. The van der Waals surface area contributed by atoms with Gasteiger partial charge in [-0.3, -0.25) is 10.1 Å². The lowest BCUT2D eigenvalue weighted by Gasteiger charge is -2.32. The summed E-state index contributed by atoms with van der Waals surface area (Å²) in [4.78, 5) is 16.8. The van der Waals surface area contributed by atoms with E-state index in [4.69, 9.17) is 0 Å². The molecule has 34 heavy (non-hydrogen) atoms. The maximum atomic E-state index is 13.6. The van der Waals surface area contributed by atoms with Gasteiger partial charge in [-0.1, -0.05) is 20.8 Å². The molecule has 0 atom stereocenters. The third-order valence-electron chi connectivity index (χ3n) is 6.08. The van der Waals surface area contributed by atoms with E-state index in [0.29, 0.717) is 28.2 Å². The van der Waals surface area contributed by atoms with Crippen molar-refractivity contribution < 1.29 is 4.39 Å². The van der Waals surface area contributed by atoms with E-state index >= 15 is 0 Å². The number of pyridine rings is 2. The fourth-order valence-corrected chi connectivity index (χ4v) is 4.32. The number of H-pyrrole nitrogens is 2. The van der Waals surface area contributed by atoms with Gasteiger partial charge in [0.15, 0.2) is 11.5 Å². The SMILES string of the molecule is CCN(CC)N(CC)Cc1cncc(-c2cnc3n[nH]c(-c4nc5ccc(F)cc5[nH]4)c3c2)c1.